The quantitative estimate of drug-likeness (QED) is 0.412. The molecule has 0 unspecified atom stereocenters. The number of halogens is 1. The Hall–Kier alpha value is -2.24. The molecule has 0 saturated carbocycles. The molecule has 2 aliphatic rings. The largest absolute Gasteiger partial charge is 0.493 e. The minimum Gasteiger partial charge on any atom is -0.493 e. The van der Waals surface area contributed by atoms with Crippen molar-refractivity contribution in [1.29, 1.82) is 0 Å². The molecule has 1 aliphatic carbocycles. The van der Waals surface area contributed by atoms with E-state index in [4.69, 9.17) is 25.8 Å². The highest BCUT2D eigenvalue weighted by Crippen LogP contribution is 2.41. The number of esters is 1. The molecule has 0 bridgehead atoms. The third-order valence-corrected chi connectivity index (χ3v) is 7.11. The molecule has 5 nitrogen and oxygen atoms in total. The second kappa shape index (κ2) is 11.0. The number of fused-ring (bicyclic) bond motifs is 1. The minimum absolute atomic E-state index is 0.00908. The lowest BCUT2D eigenvalue weighted by atomic mass is 10.0. The first-order chi connectivity index (χ1) is 16.4. The molecule has 34 heavy (non-hydrogen) atoms. The van der Waals surface area contributed by atoms with Gasteiger partial charge in [0.05, 0.1) is 17.5 Å². The Bertz CT molecular complexity index is 1010. The maximum absolute atomic E-state index is 11.9. The van der Waals surface area contributed by atoms with Crippen molar-refractivity contribution in [3.8, 4) is 11.5 Å². The van der Waals surface area contributed by atoms with Crippen LogP contribution in [-0.4, -0.2) is 36.7 Å². The fraction of sp³-hybridized carbons (Fsp3) is 0.536. The fourth-order valence-electron chi connectivity index (χ4n) is 4.88. The molecule has 4 rings (SSSR count). The molecule has 2 aromatic carbocycles. The first kappa shape index (κ1) is 24.9. The Balaban J connectivity index is 1.43. The Labute approximate surface area is 208 Å². The molecule has 0 N–H and O–H groups in total. The van der Waals surface area contributed by atoms with Crippen molar-refractivity contribution in [1.82, 2.24) is 4.90 Å². The van der Waals surface area contributed by atoms with Crippen molar-refractivity contribution in [2.24, 2.45) is 5.92 Å². The number of piperidine rings is 1. The summed E-state index contributed by atoms with van der Waals surface area (Å²) in [6, 6.07) is 10.4. The average molecular weight is 486 g/mol. The van der Waals surface area contributed by atoms with Crippen molar-refractivity contribution in [2.45, 2.75) is 72.1 Å². The zero-order chi connectivity index (χ0) is 24.2. The molecule has 1 saturated heterocycles. The van der Waals surface area contributed by atoms with Crippen molar-refractivity contribution in [3.05, 3.63) is 57.6 Å². The van der Waals surface area contributed by atoms with Gasteiger partial charge in [-0.15, -0.1) is 0 Å². The first-order valence-corrected chi connectivity index (χ1v) is 12.9. The fourth-order valence-corrected chi connectivity index (χ4v) is 5.11. The van der Waals surface area contributed by atoms with Crippen molar-refractivity contribution in [3.63, 3.8) is 0 Å². The van der Waals surface area contributed by atoms with E-state index in [0.717, 1.165) is 56.6 Å². The summed E-state index contributed by atoms with van der Waals surface area (Å²) in [4.78, 5) is 14.3. The van der Waals surface area contributed by atoms with Gasteiger partial charge in [0.15, 0.2) is 0 Å². The summed E-state index contributed by atoms with van der Waals surface area (Å²) < 4.78 is 18.0. The number of aryl methyl sites for hydroxylation is 1. The van der Waals surface area contributed by atoms with Gasteiger partial charge >= 0.3 is 5.97 Å². The minimum atomic E-state index is -0.112. The monoisotopic (exact) mass is 485 g/mol. The molecule has 2 aromatic rings. The van der Waals surface area contributed by atoms with Gasteiger partial charge in [-0.3, -0.25) is 9.69 Å². The highest BCUT2D eigenvalue weighted by atomic mass is 35.5. The summed E-state index contributed by atoms with van der Waals surface area (Å²) in [5.74, 6) is 1.29. The third-order valence-electron chi connectivity index (χ3n) is 6.82. The van der Waals surface area contributed by atoms with Gasteiger partial charge < -0.3 is 14.2 Å². The van der Waals surface area contributed by atoms with Crippen LogP contribution in [0.4, 0.5) is 0 Å². The summed E-state index contributed by atoms with van der Waals surface area (Å²) in [7, 11) is 0. The molecule has 184 valence electrons. The van der Waals surface area contributed by atoms with Crippen LogP contribution >= 0.6 is 11.6 Å². The zero-order valence-corrected chi connectivity index (χ0v) is 21.5. The smallest absolute Gasteiger partial charge is 0.308 e. The van der Waals surface area contributed by atoms with E-state index in [-0.39, 0.29) is 24.1 Å². The van der Waals surface area contributed by atoms with Gasteiger partial charge in [0.2, 0.25) is 0 Å². The first-order valence-electron chi connectivity index (χ1n) is 12.5. The average Bonchev–Trinajstić information content (AvgIpc) is 3.22. The SMILES string of the molecule is CCOc1cc(O[C@H]2CCc3c(C)cccc32)c(Cl)cc1CN1CCC(OC(=O)C(C)C)CC1. The summed E-state index contributed by atoms with van der Waals surface area (Å²) >= 11 is 6.71. The Morgan fingerprint density at radius 3 is 2.62 bits per heavy atom. The number of ether oxygens (including phenoxy) is 3. The van der Waals surface area contributed by atoms with Crippen LogP contribution in [0, 0.1) is 12.8 Å². The van der Waals surface area contributed by atoms with E-state index in [1.807, 2.05) is 32.9 Å². The normalized spacial score (nSPS) is 18.7. The Morgan fingerprint density at radius 1 is 1.15 bits per heavy atom. The maximum atomic E-state index is 11.9. The van der Waals surface area contributed by atoms with E-state index in [0.29, 0.717) is 17.4 Å². The second-order valence-electron chi connectivity index (χ2n) is 9.68. The van der Waals surface area contributed by atoms with E-state index in [2.05, 4.69) is 30.0 Å². The zero-order valence-electron chi connectivity index (χ0n) is 20.7. The molecule has 1 heterocycles. The van der Waals surface area contributed by atoms with Gasteiger partial charge in [0.25, 0.3) is 0 Å². The predicted octanol–water partition coefficient (Wildman–Crippen LogP) is 6.28. The van der Waals surface area contributed by atoms with Crippen LogP contribution in [0.25, 0.3) is 0 Å². The van der Waals surface area contributed by atoms with Crippen LogP contribution < -0.4 is 9.47 Å². The van der Waals surface area contributed by atoms with E-state index in [9.17, 15) is 4.79 Å². The van der Waals surface area contributed by atoms with Crippen molar-refractivity contribution >= 4 is 17.6 Å². The molecule has 0 spiro atoms. The third kappa shape index (κ3) is 5.69. The summed E-state index contributed by atoms with van der Waals surface area (Å²) in [5.41, 5.74) is 5.04. The number of nitrogens with zero attached hydrogens (tertiary/aromatic N) is 1. The molecule has 1 aliphatic heterocycles. The molecular formula is C28H36ClNO4. The summed E-state index contributed by atoms with van der Waals surface area (Å²) in [5, 5.41) is 0.611. The standard InChI is InChI=1S/C28H36ClNO4/c1-5-32-26-16-27(34-25-10-9-22-19(4)7-6-8-23(22)25)24(29)15-20(26)17-30-13-11-21(12-14-30)33-28(31)18(2)3/h6-8,15-16,18,21,25H,5,9-14,17H2,1-4H3/t25-/m0/s1. The number of carbonyl (C=O) groups is 1. The van der Waals surface area contributed by atoms with Gasteiger partial charge in [-0.1, -0.05) is 43.6 Å². The lowest BCUT2D eigenvalue weighted by Crippen LogP contribution is -2.38. The van der Waals surface area contributed by atoms with Crippen LogP contribution in [0.2, 0.25) is 5.02 Å². The van der Waals surface area contributed by atoms with E-state index in [1.54, 1.807) is 0 Å². The van der Waals surface area contributed by atoms with Crippen LogP contribution in [-0.2, 0) is 22.5 Å². The van der Waals surface area contributed by atoms with E-state index in [1.165, 1.54) is 16.7 Å². The molecular weight excluding hydrogens is 450 g/mol. The highest BCUT2D eigenvalue weighted by Gasteiger charge is 2.27. The van der Waals surface area contributed by atoms with Crippen molar-refractivity contribution in [2.75, 3.05) is 19.7 Å². The molecule has 6 heteroatoms. The number of rotatable bonds is 8. The number of carbonyl (C=O) groups excluding carboxylic acids is 1. The van der Waals surface area contributed by atoms with Gasteiger partial charge in [-0.05, 0) is 62.3 Å². The maximum Gasteiger partial charge on any atom is 0.308 e. The van der Waals surface area contributed by atoms with Crippen LogP contribution in [0.3, 0.4) is 0 Å². The van der Waals surface area contributed by atoms with E-state index >= 15 is 0 Å². The number of hydrogen-bond acceptors (Lipinski definition) is 5. The number of hydrogen-bond donors (Lipinski definition) is 0. The van der Waals surface area contributed by atoms with Crippen LogP contribution in [0.1, 0.15) is 68.4 Å². The molecule has 0 radical (unpaired) electrons. The van der Waals surface area contributed by atoms with Gasteiger partial charge in [0.1, 0.15) is 23.7 Å². The van der Waals surface area contributed by atoms with Crippen LogP contribution in [0.15, 0.2) is 30.3 Å². The van der Waals surface area contributed by atoms with Gasteiger partial charge in [-0.25, -0.2) is 0 Å². The van der Waals surface area contributed by atoms with Gasteiger partial charge in [0, 0.05) is 31.3 Å². The second-order valence-corrected chi connectivity index (χ2v) is 10.1. The lowest BCUT2D eigenvalue weighted by molar-refractivity contribution is -0.155. The Kier molecular flexibility index (Phi) is 8.05. The number of benzene rings is 2. The molecule has 0 aromatic heterocycles. The summed E-state index contributed by atoms with van der Waals surface area (Å²) in [6.07, 6.45) is 3.70. The van der Waals surface area contributed by atoms with Crippen LogP contribution in [0.5, 0.6) is 11.5 Å². The van der Waals surface area contributed by atoms with Crippen molar-refractivity contribution < 1.29 is 19.0 Å². The lowest BCUT2D eigenvalue weighted by Gasteiger charge is -2.32. The summed E-state index contributed by atoms with van der Waals surface area (Å²) in [6.45, 7) is 11.0. The topological polar surface area (TPSA) is 48.0 Å². The highest BCUT2D eigenvalue weighted by molar-refractivity contribution is 6.32. The van der Waals surface area contributed by atoms with Gasteiger partial charge in [-0.2, -0.15) is 0 Å². The predicted molar refractivity (Wildman–Crippen MR) is 135 cm³/mol. The molecule has 0 amide bonds. The van der Waals surface area contributed by atoms with E-state index < -0.39 is 0 Å². The number of likely N-dealkylation sites (tertiary alicyclic amines) is 1. The molecule has 1 atom stereocenters. The Morgan fingerprint density at radius 2 is 1.91 bits per heavy atom. The molecule has 1 fully saturated rings.